The maximum Gasteiger partial charge on any atom is 0.329 e. The third-order valence-electron chi connectivity index (χ3n) is 4.65. The summed E-state index contributed by atoms with van der Waals surface area (Å²) in [5, 5.41) is 0. The van der Waals surface area contributed by atoms with Crippen molar-refractivity contribution in [3.05, 3.63) is 65.2 Å². The van der Waals surface area contributed by atoms with E-state index in [1.807, 2.05) is 25.1 Å². The van der Waals surface area contributed by atoms with E-state index in [4.69, 9.17) is 4.74 Å². The predicted molar refractivity (Wildman–Crippen MR) is 116 cm³/mol. The van der Waals surface area contributed by atoms with Crippen molar-refractivity contribution in [1.29, 1.82) is 0 Å². The van der Waals surface area contributed by atoms with Gasteiger partial charge in [-0.05, 0) is 70.0 Å². The number of rotatable bonds is 9. The van der Waals surface area contributed by atoms with E-state index >= 15 is 0 Å². The van der Waals surface area contributed by atoms with Gasteiger partial charge in [-0.2, -0.15) is 0 Å². The quantitative estimate of drug-likeness (QED) is 0.498. The van der Waals surface area contributed by atoms with Crippen molar-refractivity contribution >= 4 is 17.6 Å². The highest BCUT2D eigenvalue weighted by Gasteiger charge is 2.25. The molecule has 6 heteroatoms. The molecular formula is C23H31N3O3. The molecule has 0 unspecified atom stereocenters. The molecule has 0 spiro atoms. The molecule has 0 heterocycles. The monoisotopic (exact) mass is 397 g/mol. The highest BCUT2D eigenvalue weighted by atomic mass is 16.5. The molecule has 2 aromatic carbocycles. The van der Waals surface area contributed by atoms with Gasteiger partial charge in [0.2, 0.25) is 0 Å². The van der Waals surface area contributed by atoms with Crippen LogP contribution in [0.4, 0.5) is 5.69 Å². The van der Waals surface area contributed by atoms with E-state index in [1.165, 1.54) is 0 Å². The number of ether oxygens (including phenoxy) is 1. The number of carbonyl (C=O) groups is 2. The molecule has 0 aliphatic rings. The van der Waals surface area contributed by atoms with Gasteiger partial charge in [0.15, 0.2) is 0 Å². The lowest BCUT2D eigenvalue weighted by Gasteiger charge is -2.25. The second-order valence-corrected chi connectivity index (χ2v) is 7.10. The number of aryl methyl sites for hydroxylation is 1. The van der Waals surface area contributed by atoms with E-state index in [2.05, 4.69) is 35.7 Å². The third-order valence-corrected chi connectivity index (χ3v) is 4.65. The van der Waals surface area contributed by atoms with Gasteiger partial charge in [0, 0.05) is 24.3 Å². The lowest BCUT2D eigenvalue weighted by atomic mass is 10.0. The van der Waals surface area contributed by atoms with Crippen molar-refractivity contribution in [2.75, 3.05) is 18.0 Å². The summed E-state index contributed by atoms with van der Waals surface area (Å²) in [4.78, 5) is 27.4. The van der Waals surface area contributed by atoms with Gasteiger partial charge in [-0.25, -0.2) is 10.2 Å². The van der Waals surface area contributed by atoms with Crippen molar-refractivity contribution in [3.63, 3.8) is 0 Å². The zero-order valence-electron chi connectivity index (χ0n) is 17.9. The van der Waals surface area contributed by atoms with E-state index in [9.17, 15) is 9.59 Å². The van der Waals surface area contributed by atoms with E-state index in [-0.39, 0.29) is 12.0 Å². The lowest BCUT2D eigenvalue weighted by Crippen LogP contribution is -2.44. The second-order valence-electron chi connectivity index (χ2n) is 7.10. The summed E-state index contributed by atoms with van der Waals surface area (Å²) in [6, 6.07) is 14.0. The first-order valence-corrected chi connectivity index (χ1v) is 10.0. The Balaban J connectivity index is 2.26. The van der Waals surface area contributed by atoms with Gasteiger partial charge in [0.25, 0.3) is 5.91 Å². The molecule has 0 aliphatic carbocycles. The second kappa shape index (κ2) is 10.6. The normalized spacial score (nSPS) is 11.8. The summed E-state index contributed by atoms with van der Waals surface area (Å²) in [5.74, 6) is -0.752. The van der Waals surface area contributed by atoms with Gasteiger partial charge in [0.1, 0.15) is 6.04 Å². The SMILES string of the molecule is CCN(CC)c1ccc([C@H](NNC(=O)c2ccccc2)C(=O)OC(C)C)c(C)c1. The molecule has 2 rings (SSSR count). The van der Waals surface area contributed by atoms with Crippen molar-refractivity contribution < 1.29 is 14.3 Å². The Morgan fingerprint density at radius 2 is 1.69 bits per heavy atom. The summed E-state index contributed by atoms with van der Waals surface area (Å²) in [7, 11) is 0. The van der Waals surface area contributed by atoms with Crippen LogP contribution in [0.15, 0.2) is 48.5 Å². The minimum atomic E-state index is -0.809. The average Bonchev–Trinajstić information content (AvgIpc) is 2.70. The fourth-order valence-corrected chi connectivity index (χ4v) is 3.13. The van der Waals surface area contributed by atoms with E-state index in [0.717, 1.165) is 29.9 Å². The molecular weight excluding hydrogens is 366 g/mol. The molecule has 0 radical (unpaired) electrons. The van der Waals surface area contributed by atoms with Crippen molar-refractivity contribution in [1.82, 2.24) is 10.9 Å². The van der Waals surface area contributed by atoms with E-state index in [1.54, 1.807) is 38.1 Å². The van der Waals surface area contributed by atoms with Crippen LogP contribution in [0.3, 0.4) is 0 Å². The fraction of sp³-hybridized carbons (Fsp3) is 0.391. The first-order valence-electron chi connectivity index (χ1n) is 10.0. The zero-order valence-corrected chi connectivity index (χ0v) is 17.9. The van der Waals surface area contributed by atoms with Gasteiger partial charge >= 0.3 is 5.97 Å². The summed E-state index contributed by atoms with van der Waals surface area (Å²) < 4.78 is 5.42. The van der Waals surface area contributed by atoms with Crippen molar-refractivity contribution in [3.8, 4) is 0 Å². The Kier molecular flexibility index (Phi) is 8.21. The lowest BCUT2D eigenvalue weighted by molar-refractivity contribution is -0.150. The van der Waals surface area contributed by atoms with Crippen molar-refractivity contribution in [2.45, 2.75) is 46.8 Å². The molecule has 0 fully saturated rings. The van der Waals surface area contributed by atoms with Crippen LogP contribution in [0.2, 0.25) is 0 Å². The molecule has 2 aromatic rings. The number of amides is 1. The molecule has 0 saturated heterocycles. The van der Waals surface area contributed by atoms with Gasteiger partial charge in [-0.1, -0.05) is 24.3 Å². The summed E-state index contributed by atoms with van der Waals surface area (Å²) in [6.45, 7) is 11.6. The molecule has 2 N–H and O–H groups in total. The van der Waals surface area contributed by atoms with Crippen LogP contribution in [0.1, 0.15) is 55.2 Å². The molecule has 0 aromatic heterocycles. The standard InChI is InChI=1S/C23H31N3O3/c1-6-26(7-2)19-13-14-20(17(5)15-19)21(23(28)29-16(3)4)24-25-22(27)18-11-9-8-10-12-18/h8-16,21,24H,6-7H2,1-5H3,(H,25,27)/t21-/m0/s1. The van der Waals surface area contributed by atoms with E-state index < -0.39 is 12.0 Å². The largest absolute Gasteiger partial charge is 0.462 e. The predicted octanol–water partition coefficient (Wildman–Crippen LogP) is 3.77. The van der Waals surface area contributed by atoms with Gasteiger partial charge in [-0.3, -0.25) is 10.2 Å². The van der Waals surface area contributed by atoms with E-state index in [0.29, 0.717) is 5.56 Å². The molecule has 1 atom stereocenters. The maximum atomic E-state index is 12.7. The molecule has 1 amide bonds. The van der Waals surface area contributed by atoms with Gasteiger partial charge < -0.3 is 9.64 Å². The van der Waals surface area contributed by atoms with Crippen LogP contribution >= 0.6 is 0 Å². The minimum absolute atomic E-state index is 0.258. The Morgan fingerprint density at radius 1 is 1.03 bits per heavy atom. The molecule has 0 saturated carbocycles. The number of carbonyl (C=O) groups excluding carboxylic acids is 2. The molecule has 156 valence electrons. The Bertz CT molecular complexity index is 817. The van der Waals surface area contributed by atoms with Crippen LogP contribution in [-0.2, 0) is 9.53 Å². The molecule has 0 bridgehead atoms. The van der Waals surface area contributed by atoms with Gasteiger partial charge in [-0.15, -0.1) is 0 Å². The number of nitrogens with zero attached hydrogens (tertiary/aromatic N) is 1. The summed E-state index contributed by atoms with van der Waals surface area (Å²) in [5.41, 5.74) is 8.82. The number of esters is 1. The van der Waals surface area contributed by atoms with Gasteiger partial charge in [0.05, 0.1) is 6.10 Å². The minimum Gasteiger partial charge on any atom is -0.462 e. The number of nitrogens with one attached hydrogen (secondary N) is 2. The van der Waals surface area contributed by atoms with Crippen molar-refractivity contribution in [2.24, 2.45) is 0 Å². The Hall–Kier alpha value is -2.86. The number of anilines is 1. The third kappa shape index (κ3) is 6.06. The Labute approximate surface area is 173 Å². The fourth-order valence-electron chi connectivity index (χ4n) is 3.13. The molecule has 6 nitrogen and oxygen atoms in total. The maximum absolute atomic E-state index is 12.7. The van der Waals surface area contributed by atoms with Crippen LogP contribution in [-0.4, -0.2) is 31.1 Å². The average molecular weight is 398 g/mol. The highest BCUT2D eigenvalue weighted by molar-refractivity contribution is 5.94. The summed E-state index contributed by atoms with van der Waals surface area (Å²) in [6.07, 6.45) is -0.258. The highest BCUT2D eigenvalue weighted by Crippen LogP contribution is 2.25. The van der Waals surface area contributed by atoms with Crippen LogP contribution < -0.4 is 15.8 Å². The number of benzene rings is 2. The molecule has 0 aliphatic heterocycles. The zero-order chi connectivity index (χ0) is 21.4. The first kappa shape index (κ1) is 22.4. The topological polar surface area (TPSA) is 70.7 Å². The summed E-state index contributed by atoms with van der Waals surface area (Å²) >= 11 is 0. The molecule has 29 heavy (non-hydrogen) atoms. The first-order chi connectivity index (χ1) is 13.9. The Morgan fingerprint density at radius 3 is 2.24 bits per heavy atom. The number of hydrazine groups is 1. The number of hydrogen-bond donors (Lipinski definition) is 2. The van der Waals surface area contributed by atoms with Crippen LogP contribution in [0, 0.1) is 6.92 Å². The smallest absolute Gasteiger partial charge is 0.329 e. The van der Waals surface area contributed by atoms with Crippen LogP contribution in [0.25, 0.3) is 0 Å². The number of hydrogen-bond acceptors (Lipinski definition) is 5. The van der Waals surface area contributed by atoms with Crippen LogP contribution in [0.5, 0.6) is 0 Å².